The molecule has 2 aromatic rings. The number of hydrogen-bond acceptors (Lipinski definition) is 5. The Balaban J connectivity index is 2.22. The Morgan fingerprint density at radius 1 is 1.35 bits per heavy atom. The molecule has 0 aliphatic rings. The first-order valence-corrected chi connectivity index (χ1v) is 8.52. The SMILES string of the molecule is CNCc1scc(C)c1S(=O)(=O)NCc1cn[nH]c1C. The second kappa shape index (κ2) is 6.04. The number of hydrogen-bond donors (Lipinski definition) is 3. The van der Waals surface area contributed by atoms with Crippen molar-refractivity contribution in [3.05, 3.63) is 33.3 Å². The van der Waals surface area contributed by atoms with Crippen LogP contribution in [0, 0.1) is 13.8 Å². The first-order valence-electron chi connectivity index (χ1n) is 6.15. The van der Waals surface area contributed by atoms with E-state index in [1.807, 2.05) is 19.2 Å². The molecule has 8 heteroatoms. The fourth-order valence-corrected chi connectivity index (χ4v) is 4.75. The highest BCUT2D eigenvalue weighted by Gasteiger charge is 2.22. The van der Waals surface area contributed by atoms with Gasteiger partial charge in [0.1, 0.15) is 4.90 Å². The topological polar surface area (TPSA) is 86.9 Å². The van der Waals surface area contributed by atoms with Crippen molar-refractivity contribution in [2.75, 3.05) is 7.05 Å². The number of aryl methyl sites for hydroxylation is 2. The molecular weight excluding hydrogens is 296 g/mol. The smallest absolute Gasteiger partial charge is 0.242 e. The summed E-state index contributed by atoms with van der Waals surface area (Å²) in [6, 6.07) is 0. The van der Waals surface area contributed by atoms with Gasteiger partial charge in [-0.3, -0.25) is 5.10 Å². The molecule has 0 saturated heterocycles. The molecule has 0 aliphatic heterocycles. The van der Waals surface area contributed by atoms with Crippen LogP contribution in [0.25, 0.3) is 0 Å². The maximum atomic E-state index is 12.5. The summed E-state index contributed by atoms with van der Waals surface area (Å²) in [4.78, 5) is 1.21. The normalized spacial score (nSPS) is 11.9. The van der Waals surface area contributed by atoms with Crippen molar-refractivity contribution in [3.63, 3.8) is 0 Å². The van der Waals surface area contributed by atoms with Gasteiger partial charge in [0.2, 0.25) is 10.0 Å². The van der Waals surface area contributed by atoms with Crippen LogP contribution in [-0.4, -0.2) is 25.7 Å². The predicted molar refractivity (Wildman–Crippen MR) is 79.2 cm³/mol. The monoisotopic (exact) mass is 314 g/mol. The number of nitrogens with zero attached hydrogens (tertiary/aromatic N) is 1. The molecule has 0 bridgehead atoms. The van der Waals surface area contributed by atoms with Crippen LogP contribution < -0.4 is 10.0 Å². The molecule has 110 valence electrons. The third-order valence-electron chi connectivity index (χ3n) is 2.98. The molecule has 20 heavy (non-hydrogen) atoms. The number of aromatic amines is 1. The van der Waals surface area contributed by atoms with Gasteiger partial charge in [0.05, 0.1) is 6.20 Å². The lowest BCUT2D eigenvalue weighted by molar-refractivity contribution is 0.579. The van der Waals surface area contributed by atoms with Gasteiger partial charge in [0, 0.05) is 29.2 Å². The van der Waals surface area contributed by atoms with Crippen LogP contribution in [-0.2, 0) is 23.1 Å². The van der Waals surface area contributed by atoms with E-state index in [0.29, 0.717) is 11.4 Å². The van der Waals surface area contributed by atoms with Gasteiger partial charge in [-0.25, -0.2) is 13.1 Å². The Kier molecular flexibility index (Phi) is 4.59. The van der Waals surface area contributed by atoms with E-state index in [1.54, 1.807) is 13.2 Å². The fraction of sp³-hybridized carbons (Fsp3) is 0.417. The van der Waals surface area contributed by atoms with Crippen LogP contribution in [0.2, 0.25) is 0 Å². The Bertz CT molecular complexity index is 688. The van der Waals surface area contributed by atoms with Crippen molar-refractivity contribution in [2.45, 2.75) is 31.8 Å². The first-order chi connectivity index (χ1) is 9.45. The number of aromatic nitrogens is 2. The second-order valence-corrected chi connectivity index (χ2v) is 7.21. The summed E-state index contributed by atoms with van der Waals surface area (Å²) < 4.78 is 27.5. The summed E-state index contributed by atoms with van der Waals surface area (Å²) in [6.45, 7) is 4.45. The lowest BCUT2D eigenvalue weighted by atomic mass is 10.3. The average molecular weight is 314 g/mol. The molecule has 0 spiro atoms. The predicted octanol–water partition coefficient (Wildman–Crippen LogP) is 1.29. The molecule has 2 heterocycles. The molecule has 0 unspecified atom stereocenters. The largest absolute Gasteiger partial charge is 0.315 e. The highest BCUT2D eigenvalue weighted by molar-refractivity contribution is 7.89. The van der Waals surface area contributed by atoms with Crippen LogP contribution >= 0.6 is 11.3 Å². The van der Waals surface area contributed by atoms with E-state index in [4.69, 9.17) is 0 Å². The van der Waals surface area contributed by atoms with E-state index < -0.39 is 10.0 Å². The second-order valence-electron chi connectivity index (χ2n) is 4.55. The van der Waals surface area contributed by atoms with E-state index in [0.717, 1.165) is 21.7 Å². The van der Waals surface area contributed by atoms with Crippen molar-refractivity contribution < 1.29 is 8.42 Å². The number of H-pyrrole nitrogens is 1. The van der Waals surface area contributed by atoms with Gasteiger partial charge >= 0.3 is 0 Å². The van der Waals surface area contributed by atoms with Crippen molar-refractivity contribution in [1.29, 1.82) is 0 Å². The van der Waals surface area contributed by atoms with E-state index in [-0.39, 0.29) is 6.54 Å². The van der Waals surface area contributed by atoms with Crippen molar-refractivity contribution in [2.24, 2.45) is 0 Å². The molecule has 6 nitrogen and oxygen atoms in total. The summed E-state index contributed by atoms with van der Waals surface area (Å²) in [5.41, 5.74) is 2.48. The maximum absolute atomic E-state index is 12.5. The molecular formula is C12H18N4O2S2. The molecule has 0 aromatic carbocycles. The minimum atomic E-state index is -3.51. The van der Waals surface area contributed by atoms with Crippen molar-refractivity contribution >= 4 is 21.4 Å². The molecule has 0 radical (unpaired) electrons. The van der Waals surface area contributed by atoms with Gasteiger partial charge < -0.3 is 5.32 Å². The Morgan fingerprint density at radius 2 is 2.10 bits per heavy atom. The zero-order chi connectivity index (χ0) is 14.8. The van der Waals surface area contributed by atoms with Crippen LogP contribution in [0.5, 0.6) is 0 Å². The Labute approximate surface area is 122 Å². The summed E-state index contributed by atoms with van der Waals surface area (Å²) in [5.74, 6) is 0. The average Bonchev–Trinajstić information content (AvgIpc) is 2.94. The van der Waals surface area contributed by atoms with E-state index >= 15 is 0 Å². The highest BCUT2D eigenvalue weighted by atomic mass is 32.2. The number of rotatable bonds is 6. The van der Waals surface area contributed by atoms with E-state index in [1.165, 1.54) is 11.3 Å². The number of thiophene rings is 1. The minimum absolute atomic E-state index is 0.235. The fourth-order valence-electron chi connectivity index (χ4n) is 1.93. The molecule has 2 aromatic heterocycles. The van der Waals surface area contributed by atoms with Gasteiger partial charge in [0.15, 0.2) is 0 Å². The van der Waals surface area contributed by atoms with Gasteiger partial charge in [-0.1, -0.05) is 0 Å². The summed E-state index contributed by atoms with van der Waals surface area (Å²) in [7, 11) is -1.72. The van der Waals surface area contributed by atoms with Crippen molar-refractivity contribution in [3.8, 4) is 0 Å². The van der Waals surface area contributed by atoms with Crippen molar-refractivity contribution in [1.82, 2.24) is 20.2 Å². The molecule has 0 atom stereocenters. The first kappa shape index (κ1) is 15.2. The van der Waals surface area contributed by atoms with Gasteiger partial charge in [-0.15, -0.1) is 11.3 Å². The van der Waals surface area contributed by atoms with E-state index in [9.17, 15) is 8.42 Å². The molecule has 0 aliphatic carbocycles. The molecule has 3 N–H and O–H groups in total. The van der Waals surface area contributed by atoms with Gasteiger partial charge in [-0.05, 0) is 31.8 Å². The van der Waals surface area contributed by atoms with Crippen LogP contribution in [0.1, 0.15) is 21.7 Å². The zero-order valence-corrected chi connectivity index (χ0v) is 13.3. The lowest BCUT2D eigenvalue weighted by Gasteiger charge is -2.08. The maximum Gasteiger partial charge on any atom is 0.242 e. The molecule has 0 saturated carbocycles. The van der Waals surface area contributed by atoms with Gasteiger partial charge in [-0.2, -0.15) is 5.10 Å². The molecule has 2 rings (SSSR count). The lowest BCUT2D eigenvalue weighted by Crippen LogP contribution is -2.25. The van der Waals surface area contributed by atoms with Crippen LogP contribution in [0.4, 0.5) is 0 Å². The Hall–Kier alpha value is -1.22. The summed E-state index contributed by atoms with van der Waals surface area (Å²) in [6.07, 6.45) is 1.63. The number of nitrogens with one attached hydrogen (secondary N) is 3. The summed E-state index contributed by atoms with van der Waals surface area (Å²) in [5, 5.41) is 11.5. The standard InChI is InChI=1S/C12H18N4O2S2/c1-8-7-19-11(6-13-3)12(8)20(17,18)15-5-10-4-14-16-9(10)2/h4,7,13,15H,5-6H2,1-3H3,(H,14,16). The Morgan fingerprint density at radius 3 is 2.70 bits per heavy atom. The molecule has 0 amide bonds. The zero-order valence-electron chi connectivity index (χ0n) is 11.6. The minimum Gasteiger partial charge on any atom is -0.315 e. The quantitative estimate of drug-likeness (QED) is 0.750. The third kappa shape index (κ3) is 3.09. The van der Waals surface area contributed by atoms with Crippen LogP contribution in [0.3, 0.4) is 0 Å². The highest BCUT2D eigenvalue weighted by Crippen LogP contribution is 2.26. The number of sulfonamides is 1. The van der Waals surface area contributed by atoms with E-state index in [2.05, 4.69) is 20.2 Å². The summed E-state index contributed by atoms with van der Waals surface area (Å²) >= 11 is 1.45. The third-order valence-corrected chi connectivity index (χ3v) is 5.85. The van der Waals surface area contributed by atoms with Crippen LogP contribution in [0.15, 0.2) is 16.5 Å². The van der Waals surface area contributed by atoms with Gasteiger partial charge in [0.25, 0.3) is 0 Å². The molecule has 0 fully saturated rings.